The molecule has 5 nitrogen and oxygen atoms in total. The van der Waals surface area contributed by atoms with Crippen molar-refractivity contribution < 1.29 is 23.8 Å². The van der Waals surface area contributed by atoms with Crippen LogP contribution in [0.1, 0.15) is 226 Å². The molecule has 0 aromatic heterocycles. The Morgan fingerprint density at radius 3 is 1.09 bits per heavy atom. The fourth-order valence-corrected chi connectivity index (χ4v) is 7.05. The molecular formula is C61H100O5. The fourth-order valence-electron chi connectivity index (χ4n) is 7.05. The van der Waals surface area contributed by atoms with Crippen molar-refractivity contribution in [2.45, 2.75) is 232 Å². The topological polar surface area (TPSA) is 61.8 Å². The van der Waals surface area contributed by atoms with Crippen molar-refractivity contribution >= 4 is 11.9 Å². The van der Waals surface area contributed by atoms with E-state index in [1.807, 2.05) is 0 Å². The van der Waals surface area contributed by atoms with Gasteiger partial charge < -0.3 is 14.2 Å². The van der Waals surface area contributed by atoms with Crippen LogP contribution in [0.15, 0.2) is 122 Å². The van der Waals surface area contributed by atoms with E-state index in [9.17, 15) is 9.59 Å². The second-order valence-electron chi connectivity index (χ2n) is 17.4. The number of hydrogen-bond donors (Lipinski definition) is 0. The highest BCUT2D eigenvalue weighted by Gasteiger charge is 2.17. The van der Waals surface area contributed by atoms with Crippen molar-refractivity contribution in [1.29, 1.82) is 0 Å². The molecule has 0 radical (unpaired) electrons. The van der Waals surface area contributed by atoms with Gasteiger partial charge in [-0.1, -0.05) is 232 Å². The van der Waals surface area contributed by atoms with Crippen LogP contribution >= 0.6 is 0 Å². The summed E-state index contributed by atoms with van der Waals surface area (Å²) in [5, 5.41) is 0. The Hall–Kier alpha value is -3.70. The summed E-state index contributed by atoms with van der Waals surface area (Å²) in [5.74, 6) is -0.450. The molecule has 1 unspecified atom stereocenters. The van der Waals surface area contributed by atoms with E-state index >= 15 is 0 Å². The first-order valence-electron chi connectivity index (χ1n) is 27.1. The largest absolute Gasteiger partial charge is 0.462 e. The van der Waals surface area contributed by atoms with Crippen molar-refractivity contribution in [2.75, 3.05) is 19.8 Å². The summed E-state index contributed by atoms with van der Waals surface area (Å²) >= 11 is 0. The van der Waals surface area contributed by atoms with Gasteiger partial charge in [-0.2, -0.15) is 0 Å². The van der Waals surface area contributed by atoms with Gasteiger partial charge in [-0.25, -0.2) is 0 Å². The molecule has 374 valence electrons. The molecule has 0 amide bonds. The standard InChI is InChI=1S/C61H100O5/c1-4-7-10-13-16-19-22-24-26-28-30-32-34-36-38-41-44-47-50-53-56-64-57-59(66-61(63)55-52-49-46-43-39-21-18-15-12-9-6-3)58-65-60(62)54-51-48-45-42-40-37-35-33-31-29-27-25-23-20-17-14-11-8-5-2/h7-8,10-11,16-17,19-20,24-27,30-33,36,38,44,47,59H,4-6,9,12-15,18,21-23,28-29,34-35,37,39-43,45-46,48-58H2,1-3H3/b10-7-,11-8-,19-16-,20-17-,26-24-,27-25-,32-30-,33-31-,38-36-,47-44-. The monoisotopic (exact) mass is 913 g/mol. The summed E-state index contributed by atoms with van der Waals surface area (Å²) in [6.45, 7) is 7.43. The highest BCUT2D eigenvalue weighted by atomic mass is 16.6. The number of allylic oxidation sites excluding steroid dienone is 20. The third-order valence-corrected chi connectivity index (χ3v) is 11.0. The molecule has 1 atom stereocenters. The van der Waals surface area contributed by atoms with Gasteiger partial charge in [0.1, 0.15) is 6.61 Å². The third-order valence-electron chi connectivity index (χ3n) is 11.0. The summed E-state index contributed by atoms with van der Waals surface area (Å²) in [7, 11) is 0. The molecule has 0 aliphatic carbocycles. The Bertz CT molecular complexity index is 1350. The zero-order chi connectivity index (χ0) is 47.7. The number of hydrogen-bond acceptors (Lipinski definition) is 5. The lowest BCUT2D eigenvalue weighted by molar-refractivity contribution is -0.163. The molecule has 0 aromatic rings. The van der Waals surface area contributed by atoms with Crippen molar-refractivity contribution in [3.8, 4) is 0 Å². The van der Waals surface area contributed by atoms with E-state index in [1.54, 1.807) is 0 Å². The van der Waals surface area contributed by atoms with E-state index in [0.717, 1.165) is 122 Å². The Labute approximate surface area is 407 Å². The number of carbonyl (C=O) groups is 2. The average Bonchev–Trinajstić information content (AvgIpc) is 3.32. The fraction of sp³-hybridized carbons (Fsp3) is 0.639. The molecule has 0 saturated heterocycles. The molecule has 0 bridgehead atoms. The molecule has 0 aliphatic heterocycles. The Balaban J connectivity index is 4.37. The van der Waals surface area contributed by atoms with E-state index in [4.69, 9.17) is 14.2 Å². The predicted octanol–water partition coefficient (Wildman–Crippen LogP) is 18.6. The second-order valence-corrected chi connectivity index (χ2v) is 17.4. The van der Waals surface area contributed by atoms with Crippen LogP contribution in [0.5, 0.6) is 0 Å². The minimum absolute atomic E-state index is 0.0489. The minimum Gasteiger partial charge on any atom is -0.462 e. The summed E-state index contributed by atoms with van der Waals surface area (Å²) in [5.41, 5.74) is 0. The third kappa shape index (κ3) is 52.9. The molecular weight excluding hydrogens is 813 g/mol. The van der Waals surface area contributed by atoms with Crippen molar-refractivity contribution in [3.63, 3.8) is 0 Å². The van der Waals surface area contributed by atoms with Gasteiger partial charge in [0.2, 0.25) is 0 Å². The van der Waals surface area contributed by atoms with Crippen LogP contribution in [0.3, 0.4) is 0 Å². The summed E-state index contributed by atoms with van der Waals surface area (Å²) in [6, 6.07) is 0. The van der Waals surface area contributed by atoms with E-state index in [-0.39, 0.29) is 25.2 Å². The molecule has 0 heterocycles. The maximum absolute atomic E-state index is 12.8. The van der Waals surface area contributed by atoms with E-state index in [0.29, 0.717) is 19.4 Å². The van der Waals surface area contributed by atoms with Crippen molar-refractivity contribution in [1.82, 2.24) is 0 Å². The quantitative estimate of drug-likeness (QED) is 0.0346. The molecule has 0 rings (SSSR count). The van der Waals surface area contributed by atoms with E-state index in [2.05, 4.69) is 142 Å². The first-order valence-corrected chi connectivity index (χ1v) is 27.1. The highest BCUT2D eigenvalue weighted by Crippen LogP contribution is 2.14. The van der Waals surface area contributed by atoms with Crippen molar-refractivity contribution in [3.05, 3.63) is 122 Å². The SMILES string of the molecule is CC/C=C\C/C=C\C/C=C\C/C=C\C/C=C\C/C=C\CCCOCC(COC(=O)CCCCCCCC/C=C\C/C=C\C/C=C\C/C=C\CC)OC(=O)CCCCCCCCCCCCC. The molecule has 0 saturated carbocycles. The van der Waals surface area contributed by atoms with Crippen LogP contribution in [0.2, 0.25) is 0 Å². The Kier molecular flexibility index (Phi) is 52.5. The first kappa shape index (κ1) is 62.3. The van der Waals surface area contributed by atoms with Gasteiger partial charge in [-0.3, -0.25) is 9.59 Å². The molecule has 0 aliphatic rings. The maximum atomic E-state index is 12.8. The molecule has 5 heteroatoms. The number of unbranched alkanes of at least 4 members (excludes halogenated alkanes) is 17. The van der Waals surface area contributed by atoms with Gasteiger partial charge in [0.25, 0.3) is 0 Å². The van der Waals surface area contributed by atoms with Crippen LogP contribution in [-0.2, 0) is 23.8 Å². The summed E-state index contributed by atoms with van der Waals surface area (Å²) in [6.07, 6.45) is 77.9. The second kappa shape index (κ2) is 55.6. The first-order chi connectivity index (χ1) is 32.6. The lowest BCUT2D eigenvalue weighted by Gasteiger charge is -2.18. The van der Waals surface area contributed by atoms with Crippen molar-refractivity contribution in [2.24, 2.45) is 0 Å². The Morgan fingerprint density at radius 1 is 0.348 bits per heavy atom. The Morgan fingerprint density at radius 2 is 0.682 bits per heavy atom. The number of carbonyl (C=O) groups excluding carboxylic acids is 2. The van der Waals surface area contributed by atoms with Crippen LogP contribution in [0.25, 0.3) is 0 Å². The predicted molar refractivity (Wildman–Crippen MR) is 288 cm³/mol. The normalized spacial score (nSPS) is 13.2. The lowest BCUT2D eigenvalue weighted by Crippen LogP contribution is -2.30. The van der Waals surface area contributed by atoms with Gasteiger partial charge in [0, 0.05) is 19.4 Å². The maximum Gasteiger partial charge on any atom is 0.306 e. The summed E-state index contributed by atoms with van der Waals surface area (Å²) < 4.78 is 17.3. The average molecular weight is 913 g/mol. The molecule has 0 N–H and O–H groups in total. The van der Waals surface area contributed by atoms with E-state index < -0.39 is 6.10 Å². The zero-order valence-electron chi connectivity index (χ0n) is 42.9. The molecule has 0 fully saturated rings. The lowest BCUT2D eigenvalue weighted by atomic mass is 10.1. The van der Waals surface area contributed by atoms with Crippen LogP contribution in [0, 0.1) is 0 Å². The number of esters is 2. The van der Waals surface area contributed by atoms with Crippen LogP contribution in [-0.4, -0.2) is 37.9 Å². The van der Waals surface area contributed by atoms with Gasteiger partial charge in [0.05, 0.1) is 6.61 Å². The zero-order valence-corrected chi connectivity index (χ0v) is 42.9. The van der Waals surface area contributed by atoms with Gasteiger partial charge in [0.15, 0.2) is 6.10 Å². The summed E-state index contributed by atoms with van der Waals surface area (Å²) in [4.78, 5) is 25.4. The molecule has 66 heavy (non-hydrogen) atoms. The minimum atomic E-state index is -0.578. The van der Waals surface area contributed by atoms with Crippen LogP contribution in [0.4, 0.5) is 0 Å². The smallest absolute Gasteiger partial charge is 0.306 e. The highest BCUT2D eigenvalue weighted by molar-refractivity contribution is 5.70. The molecule has 0 aromatic carbocycles. The van der Waals surface area contributed by atoms with Gasteiger partial charge in [-0.05, 0) is 103 Å². The number of rotatable bonds is 48. The van der Waals surface area contributed by atoms with Gasteiger partial charge >= 0.3 is 11.9 Å². The van der Waals surface area contributed by atoms with E-state index in [1.165, 1.54) is 70.6 Å². The van der Waals surface area contributed by atoms with Crippen LogP contribution < -0.4 is 0 Å². The molecule has 0 spiro atoms. The van der Waals surface area contributed by atoms with Gasteiger partial charge in [-0.15, -0.1) is 0 Å². The number of ether oxygens (including phenoxy) is 3.